The molecule has 2 atom stereocenters. The van der Waals surface area contributed by atoms with Gasteiger partial charge in [0.05, 0.1) is 15.5 Å². The summed E-state index contributed by atoms with van der Waals surface area (Å²) in [5.74, 6) is -0.0770. The topological polar surface area (TPSA) is 129 Å². The Morgan fingerprint density at radius 1 is 0.868 bits per heavy atom. The number of halogens is 1. The molecule has 68 heavy (non-hydrogen) atoms. The van der Waals surface area contributed by atoms with Gasteiger partial charge in [0, 0.05) is 104 Å². The molecule has 3 heterocycles. The number of hydrogen-bond acceptors (Lipinski definition) is 11. The predicted octanol–water partition coefficient (Wildman–Crippen LogP) is 8.50. The van der Waals surface area contributed by atoms with E-state index in [1.165, 1.54) is 47.8 Å². The molecule has 0 spiro atoms. The van der Waals surface area contributed by atoms with E-state index in [-0.39, 0.29) is 26.8 Å². The molecule has 12 nitrogen and oxygen atoms in total. The molecule has 1 aliphatic carbocycles. The zero-order valence-electron chi connectivity index (χ0n) is 39.7. The molecule has 3 aliphatic heterocycles. The monoisotopic (exact) mass is 1000 g/mol. The quantitative estimate of drug-likeness (QED) is 0.0694. The standard InChI is InChI=1S/C52H68ClN7O5S3/c1-52(2)23-19-48(39-9-13-42(53)14-10-39)41(36-52)37-58-29-33-59(34-30-58)44-15-11-40(12-16-44)51(61)55-68(64,65)47-17-18-49(50(35-47)67(62)63)54-43(38-66-46-7-5-4-6-8-46)20-26-57-27-31-60(32-28-57)45-21-24-56(3)25-22-45/h4-18,35,43,45,54H,19-34,36-38H2,1-3H3,(H,55,61)(H,62,63)/t43-/m1/s1. The van der Waals surface area contributed by atoms with E-state index < -0.39 is 27.0 Å². The average Bonchev–Trinajstić information content (AvgIpc) is 3.33. The Labute approximate surface area is 416 Å². The zero-order chi connectivity index (χ0) is 47.8. The second kappa shape index (κ2) is 23.0. The number of benzene rings is 4. The van der Waals surface area contributed by atoms with E-state index in [2.05, 4.69) is 79.7 Å². The van der Waals surface area contributed by atoms with Gasteiger partial charge in [0.15, 0.2) is 11.1 Å². The van der Waals surface area contributed by atoms with Crippen molar-refractivity contribution in [2.24, 2.45) is 5.41 Å². The molecule has 4 aliphatic rings. The minimum Gasteiger partial charge on any atom is -0.380 e. The van der Waals surface area contributed by atoms with Gasteiger partial charge in [0.1, 0.15) is 0 Å². The molecule has 16 heteroatoms. The fourth-order valence-corrected chi connectivity index (χ4v) is 12.9. The van der Waals surface area contributed by atoms with Crippen LogP contribution in [0.1, 0.15) is 68.3 Å². The third-order valence-corrected chi connectivity index (χ3v) is 17.8. The minimum absolute atomic E-state index is 0.0625. The number of carbonyl (C=O) groups is 1. The number of piperazine rings is 2. The number of nitrogens with zero attached hydrogens (tertiary/aromatic N) is 5. The van der Waals surface area contributed by atoms with Crippen LogP contribution in [0, 0.1) is 5.41 Å². The number of amides is 1. The normalized spacial score (nSPS) is 20.3. The number of nitrogens with one attached hydrogen (secondary N) is 2. The number of rotatable bonds is 17. The minimum atomic E-state index is -4.39. The molecule has 3 saturated heterocycles. The first-order valence-electron chi connectivity index (χ1n) is 24.1. The first-order chi connectivity index (χ1) is 32.7. The first kappa shape index (κ1) is 50.6. The van der Waals surface area contributed by atoms with E-state index in [4.69, 9.17) is 11.6 Å². The van der Waals surface area contributed by atoms with Gasteiger partial charge >= 0.3 is 0 Å². The van der Waals surface area contributed by atoms with E-state index in [0.717, 1.165) is 120 Å². The molecule has 0 radical (unpaired) electrons. The Hall–Kier alpha value is -3.77. The van der Waals surface area contributed by atoms with E-state index in [1.54, 1.807) is 23.9 Å². The van der Waals surface area contributed by atoms with Crippen molar-refractivity contribution < 1.29 is 22.0 Å². The lowest BCUT2D eigenvalue weighted by molar-refractivity contribution is 0.0640. The van der Waals surface area contributed by atoms with Crippen LogP contribution in [0.3, 0.4) is 0 Å². The SMILES string of the molecule is CN1CCC(N2CCN(CC[C@H](CSc3ccccc3)Nc3ccc(S(=O)(=O)NC(=O)c4ccc(N5CCN(CC6=C(c7ccc(Cl)cc7)CCC(C)(C)C6)CC5)cc4)cc3S(=O)O)CC2)CC1. The fraction of sp³-hybridized carbons (Fsp3) is 0.481. The van der Waals surface area contributed by atoms with E-state index in [0.29, 0.717) is 17.5 Å². The first-order valence-corrected chi connectivity index (χ1v) is 28.1. The lowest BCUT2D eigenvalue weighted by atomic mass is 9.73. The maximum atomic E-state index is 13.7. The van der Waals surface area contributed by atoms with Gasteiger partial charge in [-0.1, -0.05) is 61.4 Å². The number of likely N-dealkylation sites (tertiary alicyclic amines) is 1. The van der Waals surface area contributed by atoms with Crippen molar-refractivity contribution in [2.75, 3.05) is 102 Å². The number of sulfonamides is 1. The predicted molar refractivity (Wildman–Crippen MR) is 279 cm³/mol. The Morgan fingerprint density at radius 2 is 1.54 bits per heavy atom. The van der Waals surface area contributed by atoms with Gasteiger partial charge in [-0.3, -0.25) is 14.6 Å². The van der Waals surface area contributed by atoms with Gasteiger partial charge < -0.3 is 24.6 Å². The molecule has 366 valence electrons. The second-order valence-corrected chi connectivity index (χ2v) is 23.9. The van der Waals surface area contributed by atoms with Gasteiger partial charge in [-0.25, -0.2) is 17.3 Å². The number of thioether (sulfide) groups is 1. The van der Waals surface area contributed by atoms with Crippen LogP contribution in [0.15, 0.2) is 117 Å². The van der Waals surface area contributed by atoms with Gasteiger partial charge in [-0.2, -0.15) is 0 Å². The van der Waals surface area contributed by atoms with Crippen LogP contribution in [-0.2, 0) is 21.1 Å². The molecule has 4 aromatic rings. The van der Waals surface area contributed by atoms with E-state index in [1.807, 2.05) is 42.5 Å². The summed E-state index contributed by atoms with van der Waals surface area (Å²) in [6.07, 6.45) is 6.53. The zero-order valence-corrected chi connectivity index (χ0v) is 43.0. The van der Waals surface area contributed by atoms with Crippen molar-refractivity contribution in [2.45, 2.75) is 79.1 Å². The van der Waals surface area contributed by atoms with Crippen LogP contribution < -0.4 is 14.9 Å². The molecule has 1 unspecified atom stereocenters. The van der Waals surface area contributed by atoms with E-state index in [9.17, 15) is 22.0 Å². The number of piperidine rings is 1. The van der Waals surface area contributed by atoms with Gasteiger partial charge in [-0.15, -0.1) is 11.8 Å². The Balaban J connectivity index is 0.865. The van der Waals surface area contributed by atoms with Crippen LogP contribution in [0.4, 0.5) is 11.4 Å². The fourth-order valence-electron chi connectivity index (χ4n) is 10.2. The summed E-state index contributed by atoms with van der Waals surface area (Å²) in [5.41, 5.74) is 6.03. The van der Waals surface area contributed by atoms with Crippen LogP contribution in [0.5, 0.6) is 0 Å². The molecular formula is C52H68ClN7O5S3. The molecule has 1 amide bonds. The lowest BCUT2D eigenvalue weighted by Gasteiger charge is -2.42. The molecule has 8 rings (SSSR count). The molecule has 3 fully saturated rings. The highest BCUT2D eigenvalue weighted by Gasteiger charge is 2.31. The average molecular weight is 1000 g/mol. The highest BCUT2D eigenvalue weighted by atomic mass is 35.5. The summed E-state index contributed by atoms with van der Waals surface area (Å²) < 4.78 is 52.8. The van der Waals surface area contributed by atoms with Gasteiger partial charge in [0.2, 0.25) is 0 Å². The summed E-state index contributed by atoms with van der Waals surface area (Å²) >= 11 is 5.42. The second-order valence-electron chi connectivity index (χ2n) is 19.7. The Bertz CT molecular complexity index is 2490. The summed E-state index contributed by atoms with van der Waals surface area (Å²) in [4.78, 5) is 26.6. The smallest absolute Gasteiger partial charge is 0.264 e. The molecule has 0 aromatic heterocycles. The van der Waals surface area contributed by atoms with Gasteiger partial charge in [-0.05, 0) is 142 Å². The number of allylic oxidation sites excluding steroid dienone is 1. The molecule has 0 bridgehead atoms. The van der Waals surface area contributed by atoms with Crippen molar-refractivity contribution in [3.05, 3.63) is 119 Å². The van der Waals surface area contributed by atoms with Crippen molar-refractivity contribution in [3.63, 3.8) is 0 Å². The van der Waals surface area contributed by atoms with E-state index >= 15 is 0 Å². The number of hydrogen-bond donors (Lipinski definition) is 3. The van der Waals surface area contributed by atoms with Crippen LogP contribution in [0.2, 0.25) is 5.02 Å². The van der Waals surface area contributed by atoms with Crippen LogP contribution in [-0.4, -0.2) is 146 Å². The van der Waals surface area contributed by atoms with Crippen molar-refractivity contribution in [1.82, 2.24) is 24.3 Å². The molecule has 0 saturated carbocycles. The third kappa shape index (κ3) is 13.5. The van der Waals surface area contributed by atoms with Crippen molar-refractivity contribution >= 4 is 67.3 Å². The van der Waals surface area contributed by atoms with Crippen molar-refractivity contribution in [1.29, 1.82) is 0 Å². The largest absolute Gasteiger partial charge is 0.380 e. The maximum absolute atomic E-state index is 13.7. The van der Waals surface area contributed by atoms with Crippen LogP contribution in [0.25, 0.3) is 5.57 Å². The highest BCUT2D eigenvalue weighted by Crippen LogP contribution is 2.43. The lowest BCUT2D eigenvalue weighted by Crippen LogP contribution is -2.53. The van der Waals surface area contributed by atoms with Crippen LogP contribution >= 0.6 is 23.4 Å². The number of carbonyl (C=O) groups excluding carboxylic acids is 1. The maximum Gasteiger partial charge on any atom is 0.264 e. The van der Waals surface area contributed by atoms with Gasteiger partial charge in [0.25, 0.3) is 15.9 Å². The molecule has 3 N–H and O–H groups in total. The Kier molecular flexibility index (Phi) is 17.1. The summed E-state index contributed by atoms with van der Waals surface area (Å²) in [6, 6.07) is 30.1. The highest BCUT2D eigenvalue weighted by molar-refractivity contribution is 7.99. The molecule has 4 aromatic carbocycles. The van der Waals surface area contributed by atoms with Crippen molar-refractivity contribution in [3.8, 4) is 0 Å². The molecular weight excluding hydrogens is 934 g/mol. The number of anilines is 2. The third-order valence-electron chi connectivity index (χ3n) is 14.3. The summed E-state index contributed by atoms with van der Waals surface area (Å²) in [7, 11) is -2.19. The summed E-state index contributed by atoms with van der Waals surface area (Å²) in [6.45, 7) is 16.4. The Morgan fingerprint density at radius 3 is 2.22 bits per heavy atom. The summed E-state index contributed by atoms with van der Waals surface area (Å²) in [5, 5.41) is 4.25.